The van der Waals surface area contributed by atoms with Crippen LogP contribution in [-0.4, -0.2) is 21.3 Å². The van der Waals surface area contributed by atoms with Gasteiger partial charge in [0.1, 0.15) is 0 Å². The maximum atomic E-state index is 12.8. The van der Waals surface area contributed by atoms with Crippen molar-refractivity contribution in [2.75, 3.05) is 16.0 Å². The van der Waals surface area contributed by atoms with Crippen molar-refractivity contribution in [3.63, 3.8) is 0 Å². The van der Waals surface area contributed by atoms with Crippen LogP contribution in [0.3, 0.4) is 0 Å². The number of anilines is 3. The number of aromatic nitrogens is 1. The largest absolute Gasteiger partial charge is 0.332 e. The highest BCUT2D eigenvalue weighted by Crippen LogP contribution is 2.31. The minimum atomic E-state index is -0.324. The van der Waals surface area contributed by atoms with E-state index in [1.54, 1.807) is 0 Å². The molecule has 178 valence electrons. The van der Waals surface area contributed by atoms with Gasteiger partial charge in [-0.25, -0.2) is 4.98 Å². The Balaban J connectivity index is 1.33. The van der Waals surface area contributed by atoms with Gasteiger partial charge in [0.25, 0.3) is 0 Å². The van der Waals surface area contributed by atoms with Crippen LogP contribution in [0.4, 0.5) is 16.5 Å². The van der Waals surface area contributed by atoms with Gasteiger partial charge in [-0.05, 0) is 62.5 Å². The first kappa shape index (κ1) is 25.2. The number of rotatable bonds is 7. The number of carbonyl (C=O) groups is 1. The summed E-state index contributed by atoms with van der Waals surface area (Å²) in [5, 5.41) is 12.5. The summed E-state index contributed by atoms with van der Waals surface area (Å²) in [4.78, 5) is 18.3. The Morgan fingerprint density at radius 2 is 1.74 bits per heavy atom. The molecule has 1 unspecified atom stereocenters. The van der Waals surface area contributed by atoms with E-state index >= 15 is 0 Å². The molecular weight excluding hydrogens is 516 g/mol. The molecule has 0 radical (unpaired) electrons. The summed E-state index contributed by atoms with van der Waals surface area (Å²) < 4.78 is 0. The smallest absolute Gasteiger partial charge is 0.239 e. The molecule has 1 aromatic heterocycles. The molecule has 0 aliphatic carbocycles. The van der Waals surface area contributed by atoms with Crippen molar-refractivity contribution in [1.82, 2.24) is 4.98 Å². The van der Waals surface area contributed by atoms with Crippen LogP contribution in [0.1, 0.15) is 12.5 Å². The quantitative estimate of drug-likeness (QED) is 0.165. The van der Waals surface area contributed by atoms with Crippen molar-refractivity contribution >= 4 is 74.4 Å². The van der Waals surface area contributed by atoms with Gasteiger partial charge in [-0.2, -0.15) is 0 Å². The number of thiazole rings is 1. The van der Waals surface area contributed by atoms with Crippen LogP contribution in [0.25, 0.3) is 11.3 Å². The Morgan fingerprint density at radius 1 is 1.00 bits per heavy atom. The van der Waals surface area contributed by atoms with Gasteiger partial charge < -0.3 is 16.0 Å². The van der Waals surface area contributed by atoms with Gasteiger partial charge >= 0.3 is 0 Å². The van der Waals surface area contributed by atoms with Gasteiger partial charge in [-0.3, -0.25) is 4.79 Å². The summed E-state index contributed by atoms with van der Waals surface area (Å²) in [6.45, 7) is 3.91. The lowest BCUT2D eigenvalue weighted by atomic mass is 10.2. The molecule has 3 aromatic carbocycles. The Morgan fingerprint density at radius 3 is 2.51 bits per heavy atom. The maximum Gasteiger partial charge on any atom is 0.239 e. The number of thiocarbonyl (C=S) groups is 1. The second-order valence-electron chi connectivity index (χ2n) is 7.74. The van der Waals surface area contributed by atoms with Crippen molar-refractivity contribution in [3.8, 4) is 11.3 Å². The highest BCUT2D eigenvalue weighted by Gasteiger charge is 2.17. The monoisotopic (exact) mass is 538 g/mol. The average Bonchev–Trinajstić information content (AvgIpc) is 3.29. The first-order valence-electron chi connectivity index (χ1n) is 10.8. The second kappa shape index (κ2) is 11.7. The number of nitrogens with one attached hydrogen (secondary N) is 3. The first-order valence-corrected chi connectivity index (χ1v) is 13.3. The van der Waals surface area contributed by atoms with Crippen LogP contribution in [0.2, 0.25) is 5.02 Å². The molecule has 1 heterocycles. The highest BCUT2D eigenvalue weighted by molar-refractivity contribution is 8.00. The molecule has 3 N–H and O–H groups in total. The van der Waals surface area contributed by atoms with Crippen molar-refractivity contribution in [2.45, 2.75) is 24.0 Å². The molecule has 9 heteroatoms. The van der Waals surface area contributed by atoms with Crippen LogP contribution < -0.4 is 16.0 Å². The molecule has 4 rings (SSSR count). The summed E-state index contributed by atoms with van der Waals surface area (Å²) in [5.41, 5.74) is 4.53. The van der Waals surface area contributed by atoms with Crippen LogP contribution in [0.15, 0.2) is 83.1 Å². The molecule has 0 fully saturated rings. The van der Waals surface area contributed by atoms with E-state index in [0.29, 0.717) is 15.3 Å². The van der Waals surface area contributed by atoms with E-state index in [1.165, 1.54) is 28.7 Å². The standard InChI is InChI=1S/C26H23ClN4OS3/c1-16-10-12-18(13-11-16)28-25(33)29-19-6-5-7-20(14-19)35-17(2)24(32)31-26-30-23(15-34-26)21-8-3-4-9-22(21)27/h3-15,17H,1-2H3,(H2,28,29,33)(H,30,31,32). The second-order valence-corrected chi connectivity index (χ2v) is 10.8. The Bertz CT molecular complexity index is 1340. The van der Waals surface area contributed by atoms with Crippen molar-refractivity contribution in [3.05, 3.63) is 88.8 Å². The number of hydrogen-bond donors (Lipinski definition) is 3. The normalized spacial score (nSPS) is 11.5. The molecule has 0 aliphatic heterocycles. The fourth-order valence-electron chi connectivity index (χ4n) is 3.17. The molecule has 1 amide bonds. The van der Waals surface area contributed by atoms with E-state index in [2.05, 4.69) is 20.9 Å². The summed E-state index contributed by atoms with van der Waals surface area (Å²) >= 11 is 14.5. The summed E-state index contributed by atoms with van der Waals surface area (Å²) in [6, 6.07) is 23.3. The topological polar surface area (TPSA) is 66.0 Å². The zero-order chi connectivity index (χ0) is 24.8. The lowest BCUT2D eigenvalue weighted by molar-refractivity contribution is -0.115. The Labute approximate surface area is 223 Å². The van der Waals surface area contributed by atoms with Gasteiger partial charge in [0, 0.05) is 32.2 Å². The summed E-state index contributed by atoms with van der Waals surface area (Å²) in [5.74, 6) is -0.120. The average molecular weight is 539 g/mol. The number of nitrogens with zero attached hydrogens (tertiary/aromatic N) is 1. The van der Waals surface area contributed by atoms with E-state index in [0.717, 1.165) is 27.5 Å². The minimum absolute atomic E-state index is 0.120. The number of aryl methyl sites for hydroxylation is 1. The fraction of sp³-hybridized carbons (Fsp3) is 0.115. The third-order valence-electron chi connectivity index (χ3n) is 4.97. The molecule has 1 atom stereocenters. The molecule has 0 saturated heterocycles. The van der Waals surface area contributed by atoms with Crippen LogP contribution in [-0.2, 0) is 4.79 Å². The van der Waals surface area contributed by atoms with Gasteiger partial charge in [-0.15, -0.1) is 23.1 Å². The first-order chi connectivity index (χ1) is 16.9. The third kappa shape index (κ3) is 7.05. The van der Waals surface area contributed by atoms with Gasteiger partial charge in [0.2, 0.25) is 5.91 Å². The zero-order valence-electron chi connectivity index (χ0n) is 19.0. The van der Waals surface area contributed by atoms with E-state index in [-0.39, 0.29) is 11.2 Å². The van der Waals surface area contributed by atoms with E-state index in [9.17, 15) is 4.79 Å². The Hall–Kier alpha value is -2.91. The van der Waals surface area contributed by atoms with Crippen molar-refractivity contribution < 1.29 is 4.79 Å². The highest BCUT2D eigenvalue weighted by atomic mass is 35.5. The van der Waals surface area contributed by atoms with E-state index < -0.39 is 0 Å². The van der Waals surface area contributed by atoms with Gasteiger partial charge in [0.05, 0.1) is 10.9 Å². The molecule has 0 saturated carbocycles. The molecular formula is C26H23ClN4OS3. The predicted octanol–water partition coefficient (Wildman–Crippen LogP) is 7.70. The van der Waals surface area contributed by atoms with Crippen molar-refractivity contribution in [2.24, 2.45) is 0 Å². The molecule has 0 bridgehead atoms. The number of hydrogen-bond acceptors (Lipinski definition) is 5. The van der Waals surface area contributed by atoms with Crippen molar-refractivity contribution in [1.29, 1.82) is 0 Å². The SMILES string of the molecule is Cc1ccc(NC(=S)Nc2cccc(SC(C)C(=O)Nc3nc(-c4ccccc4Cl)cs3)c2)cc1. The Kier molecular flexibility index (Phi) is 8.41. The molecule has 0 spiro atoms. The lowest BCUT2D eigenvalue weighted by Crippen LogP contribution is -2.22. The molecule has 4 aromatic rings. The minimum Gasteiger partial charge on any atom is -0.332 e. The summed E-state index contributed by atoms with van der Waals surface area (Å²) in [7, 11) is 0. The fourth-order valence-corrected chi connectivity index (χ4v) is 5.27. The van der Waals surface area contributed by atoms with Gasteiger partial charge in [0.15, 0.2) is 10.2 Å². The number of amides is 1. The van der Waals surface area contributed by atoms with E-state index in [4.69, 9.17) is 23.8 Å². The number of thioether (sulfide) groups is 1. The van der Waals surface area contributed by atoms with Crippen LogP contribution in [0.5, 0.6) is 0 Å². The number of halogens is 1. The third-order valence-corrected chi connectivity index (χ3v) is 7.35. The lowest BCUT2D eigenvalue weighted by Gasteiger charge is -2.13. The van der Waals surface area contributed by atoms with E-state index in [1.807, 2.05) is 92.0 Å². The summed E-state index contributed by atoms with van der Waals surface area (Å²) in [6.07, 6.45) is 0. The number of benzene rings is 3. The van der Waals surface area contributed by atoms with Crippen LogP contribution in [0, 0.1) is 6.92 Å². The maximum absolute atomic E-state index is 12.8. The molecule has 5 nitrogen and oxygen atoms in total. The predicted molar refractivity (Wildman–Crippen MR) is 154 cm³/mol. The molecule has 0 aliphatic rings. The number of carbonyl (C=O) groups excluding carboxylic acids is 1. The zero-order valence-corrected chi connectivity index (χ0v) is 22.2. The van der Waals surface area contributed by atoms with Crippen LogP contribution >= 0.6 is 46.9 Å². The molecule has 35 heavy (non-hydrogen) atoms. The van der Waals surface area contributed by atoms with Gasteiger partial charge in [-0.1, -0.05) is 53.6 Å².